The van der Waals surface area contributed by atoms with Crippen molar-refractivity contribution in [1.82, 2.24) is 10.2 Å². The smallest absolute Gasteiger partial charge is 0.286 e. The van der Waals surface area contributed by atoms with Crippen molar-refractivity contribution in [3.63, 3.8) is 0 Å². The number of amides is 2. The average Bonchev–Trinajstić information content (AvgIpc) is 2.97. The highest BCUT2D eigenvalue weighted by molar-refractivity contribution is 5.91. The van der Waals surface area contributed by atoms with Crippen LogP contribution in [-0.4, -0.2) is 49.1 Å². The lowest BCUT2D eigenvalue weighted by Crippen LogP contribution is -2.44. The Balaban J connectivity index is 1.63. The zero-order chi connectivity index (χ0) is 14.4. The van der Waals surface area contributed by atoms with Crippen LogP contribution in [0, 0.1) is 0 Å². The Kier molecular flexibility index (Phi) is 5.17. The van der Waals surface area contributed by atoms with E-state index < -0.39 is 0 Å². The summed E-state index contributed by atoms with van der Waals surface area (Å²) in [4.78, 5) is 25.4. The van der Waals surface area contributed by atoms with Gasteiger partial charge in [0.1, 0.15) is 0 Å². The molecule has 1 fully saturated rings. The third-order valence-electron chi connectivity index (χ3n) is 3.19. The van der Waals surface area contributed by atoms with Crippen LogP contribution in [0.15, 0.2) is 22.8 Å². The fourth-order valence-electron chi connectivity index (χ4n) is 2.14. The fraction of sp³-hybridized carbons (Fsp3) is 0.571. The van der Waals surface area contributed by atoms with E-state index in [4.69, 9.17) is 9.15 Å². The van der Waals surface area contributed by atoms with Crippen LogP contribution in [0.5, 0.6) is 0 Å². The van der Waals surface area contributed by atoms with Crippen LogP contribution in [0.25, 0.3) is 0 Å². The lowest BCUT2D eigenvalue weighted by molar-refractivity contribution is -0.138. The first-order valence-corrected chi connectivity index (χ1v) is 6.88. The molecule has 0 bridgehead atoms. The SMILES string of the molecule is C[C@@H]1CN(C(=O)CCCNC(=O)c2ccco2)CCO1. The maximum Gasteiger partial charge on any atom is 0.286 e. The van der Waals surface area contributed by atoms with Crippen LogP contribution in [0.2, 0.25) is 0 Å². The van der Waals surface area contributed by atoms with E-state index in [9.17, 15) is 9.59 Å². The standard InChI is InChI=1S/C14H20N2O4/c1-11-10-16(7-9-19-11)13(17)5-2-6-15-14(18)12-4-3-8-20-12/h3-4,8,11H,2,5-7,9-10H2,1H3,(H,15,18)/t11-/m1/s1. The number of carbonyl (C=O) groups is 2. The number of carbonyl (C=O) groups excluding carboxylic acids is 2. The number of rotatable bonds is 5. The second kappa shape index (κ2) is 7.09. The Hall–Kier alpha value is -1.82. The lowest BCUT2D eigenvalue weighted by Gasteiger charge is -2.31. The molecule has 1 atom stereocenters. The molecule has 20 heavy (non-hydrogen) atoms. The number of ether oxygens (including phenoxy) is 1. The minimum absolute atomic E-state index is 0.103. The Bertz CT molecular complexity index is 444. The minimum atomic E-state index is -0.248. The molecule has 0 spiro atoms. The molecule has 6 heteroatoms. The van der Waals surface area contributed by atoms with E-state index >= 15 is 0 Å². The molecule has 0 aromatic carbocycles. The molecule has 1 aromatic heterocycles. The van der Waals surface area contributed by atoms with Gasteiger partial charge in [0.25, 0.3) is 5.91 Å². The molecule has 2 rings (SSSR count). The summed E-state index contributed by atoms with van der Waals surface area (Å²) in [5.41, 5.74) is 0. The van der Waals surface area contributed by atoms with Gasteiger partial charge in [-0.25, -0.2) is 0 Å². The molecule has 0 radical (unpaired) electrons. The summed E-state index contributed by atoms with van der Waals surface area (Å²) in [5.74, 6) is 0.160. The van der Waals surface area contributed by atoms with Gasteiger partial charge in [-0.3, -0.25) is 9.59 Å². The zero-order valence-electron chi connectivity index (χ0n) is 11.6. The molecule has 1 aliphatic rings. The molecule has 0 aliphatic carbocycles. The van der Waals surface area contributed by atoms with E-state index in [2.05, 4.69) is 5.32 Å². The van der Waals surface area contributed by atoms with Gasteiger partial charge in [-0.1, -0.05) is 0 Å². The largest absolute Gasteiger partial charge is 0.459 e. The van der Waals surface area contributed by atoms with E-state index in [-0.39, 0.29) is 17.9 Å². The van der Waals surface area contributed by atoms with E-state index in [1.807, 2.05) is 11.8 Å². The van der Waals surface area contributed by atoms with Crippen molar-refractivity contribution in [1.29, 1.82) is 0 Å². The first-order chi connectivity index (χ1) is 9.66. The fourth-order valence-corrected chi connectivity index (χ4v) is 2.14. The second-order valence-corrected chi connectivity index (χ2v) is 4.86. The van der Waals surface area contributed by atoms with Gasteiger partial charge in [0.15, 0.2) is 5.76 Å². The average molecular weight is 280 g/mol. The van der Waals surface area contributed by atoms with E-state index in [0.29, 0.717) is 44.8 Å². The Morgan fingerprint density at radius 2 is 2.35 bits per heavy atom. The summed E-state index contributed by atoms with van der Waals surface area (Å²) in [6, 6.07) is 3.27. The number of nitrogens with zero attached hydrogens (tertiary/aromatic N) is 1. The molecule has 0 saturated carbocycles. The topological polar surface area (TPSA) is 71.8 Å². The van der Waals surface area contributed by atoms with Crippen molar-refractivity contribution in [2.75, 3.05) is 26.2 Å². The lowest BCUT2D eigenvalue weighted by atomic mass is 10.2. The molecule has 1 N–H and O–H groups in total. The van der Waals surface area contributed by atoms with Gasteiger partial charge in [0.05, 0.1) is 19.0 Å². The third-order valence-corrected chi connectivity index (χ3v) is 3.19. The molecule has 2 amide bonds. The van der Waals surface area contributed by atoms with E-state index in [1.54, 1.807) is 12.1 Å². The van der Waals surface area contributed by atoms with E-state index in [1.165, 1.54) is 6.26 Å². The first kappa shape index (κ1) is 14.6. The molecule has 1 aliphatic heterocycles. The van der Waals surface area contributed by atoms with Gasteiger partial charge >= 0.3 is 0 Å². The van der Waals surface area contributed by atoms with Gasteiger partial charge < -0.3 is 19.4 Å². The predicted molar refractivity (Wildman–Crippen MR) is 72.3 cm³/mol. The summed E-state index contributed by atoms with van der Waals surface area (Å²) in [5, 5.41) is 2.72. The molecular formula is C14H20N2O4. The number of hydrogen-bond acceptors (Lipinski definition) is 4. The molecule has 1 saturated heterocycles. The van der Waals surface area contributed by atoms with Gasteiger partial charge in [-0.15, -0.1) is 0 Å². The van der Waals surface area contributed by atoms with Gasteiger partial charge in [-0.2, -0.15) is 0 Å². The van der Waals surface area contributed by atoms with Crippen LogP contribution in [0.1, 0.15) is 30.3 Å². The van der Waals surface area contributed by atoms with Crippen LogP contribution < -0.4 is 5.32 Å². The highest BCUT2D eigenvalue weighted by Crippen LogP contribution is 2.07. The van der Waals surface area contributed by atoms with Crippen molar-refractivity contribution in [3.05, 3.63) is 24.2 Å². The minimum Gasteiger partial charge on any atom is -0.459 e. The molecule has 6 nitrogen and oxygen atoms in total. The van der Waals surface area contributed by atoms with Gasteiger partial charge in [-0.05, 0) is 25.5 Å². The third kappa shape index (κ3) is 4.09. The normalized spacial score (nSPS) is 18.9. The van der Waals surface area contributed by atoms with Gasteiger partial charge in [0.2, 0.25) is 5.91 Å². The van der Waals surface area contributed by atoms with Crippen molar-refractivity contribution in [2.45, 2.75) is 25.9 Å². The zero-order valence-corrected chi connectivity index (χ0v) is 11.6. The Labute approximate surface area is 118 Å². The highest BCUT2D eigenvalue weighted by Gasteiger charge is 2.20. The number of nitrogens with one attached hydrogen (secondary N) is 1. The number of furan rings is 1. The van der Waals surface area contributed by atoms with Crippen LogP contribution >= 0.6 is 0 Å². The monoisotopic (exact) mass is 280 g/mol. The summed E-state index contributed by atoms with van der Waals surface area (Å²) in [6.07, 6.45) is 2.62. The Morgan fingerprint density at radius 1 is 1.50 bits per heavy atom. The van der Waals surface area contributed by atoms with E-state index in [0.717, 1.165) is 0 Å². The summed E-state index contributed by atoms with van der Waals surface area (Å²) >= 11 is 0. The van der Waals surface area contributed by atoms with Gasteiger partial charge in [0, 0.05) is 26.1 Å². The quantitative estimate of drug-likeness (QED) is 0.818. The maximum atomic E-state index is 12.0. The summed E-state index contributed by atoms with van der Waals surface area (Å²) in [6.45, 7) is 4.33. The molecule has 0 unspecified atom stereocenters. The molecular weight excluding hydrogens is 260 g/mol. The summed E-state index contributed by atoms with van der Waals surface area (Å²) in [7, 11) is 0. The second-order valence-electron chi connectivity index (χ2n) is 4.86. The Morgan fingerprint density at radius 3 is 3.05 bits per heavy atom. The molecule has 2 heterocycles. The van der Waals surface area contributed by atoms with Crippen LogP contribution in [0.4, 0.5) is 0 Å². The molecule has 110 valence electrons. The van der Waals surface area contributed by atoms with Crippen molar-refractivity contribution >= 4 is 11.8 Å². The van der Waals surface area contributed by atoms with Crippen molar-refractivity contribution in [2.24, 2.45) is 0 Å². The highest BCUT2D eigenvalue weighted by atomic mass is 16.5. The summed E-state index contributed by atoms with van der Waals surface area (Å²) < 4.78 is 10.4. The van der Waals surface area contributed by atoms with Crippen LogP contribution in [0.3, 0.4) is 0 Å². The van der Waals surface area contributed by atoms with Crippen LogP contribution in [-0.2, 0) is 9.53 Å². The first-order valence-electron chi connectivity index (χ1n) is 6.88. The number of morpholine rings is 1. The maximum absolute atomic E-state index is 12.0. The van der Waals surface area contributed by atoms with Crippen molar-refractivity contribution < 1.29 is 18.7 Å². The van der Waals surface area contributed by atoms with Crippen molar-refractivity contribution in [3.8, 4) is 0 Å². The molecule has 1 aromatic rings. The number of hydrogen-bond donors (Lipinski definition) is 1. The predicted octanol–water partition coefficient (Wildman–Crippen LogP) is 1.04.